The van der Waals surface area contributed by atoms with Crippen LogP contribution in [0.5, 0.6) is 0 Å². The van der Waals surface area contributed by atoms with Crippen LogP contribution in [0.1, 0.15) is 30.3 Å². The summed E-state index contributed by atoms with van der Waals surface area (Å²) in [5.41, 5.74) is 0.544. The normalized spacial score (nSPS) is 31.2. The molecule has 0 radical (unpaired) electrons. The van der Waals surface area contributed by atoms with E-state index in [9.17, 15) is 4.79 Å². The maximum atomic E-state index is 12.3. The van der Waals surface area contributed by atoms with Gasteiger partial charge in [0.05, 0.1) is 12.2 Å². The van der Waals surface area contributed by atoms with Crippen molar-refractivity contribution in [2.75, 3.05) is 13.1 Å². The molecule has 0 unspecified atom stereocenters. The second-order valence-corrected chi connectivity index (χ2v) is 5.24. The molecular weight excluding hydrogens is 228 g/mol. The Bertz CT molecular complexity index is 435. The van der Waals surface area contributed by atoms with E-state index in [2.05, 4.69) is 11.9 Å². The highest BCUT2D eigenvalue weighted by Gasteiger charge is 2.38. The Labute approximate surface area is 107 Å². The van der Waals surface area contributed by atoms with Gasteiger partial charge in [0.25, 0.3) is 5.91 Å². The van der Waals surface area contributed by atoms with Gasteiger partial charge in [0.1, 0.15) is 5.69 Å². The van der Waals surface area contributed by atoms with Gasteiger partial charge >= 0.3 is 0 Å². The fourth-order valence-corrected chi connectivity index (χ4v) is 3.03. The lowest BCUT2D eigenvalue weighted by Gasteiger charge is -2.33. The van der Waals surface area contributed by atoms with E-state index >= 15 is 0 Å². The van der Waals surface area contributed by atoms with Gasteiger partial charge in [0, 0.05) is 25.2 Å². The molecule has 3 rings (SSSR count). The quantitative estimate of drug-likeness (QED) is 0.757. The lowest BCUT2D eigenvalue weighted by atomic mass is 9.93. The highest BCUT2D eigenvalue weighted by molar-refractivity contribution is 5.92. The van der Waals surface area contributed by atoms with Crippen LogP contribution in [0.4, 0.5) is 0 Å². The van der Waals surface area contributed by atoms with Crippen molar-refractivity contribution in [3.8, 4) is 0 Å². The summed E-state index contributed by atoms with van der Waals surface area (Å²) >= 11 is 0. The number of hydrogen-bond acceptors (Lipinski definition) is 3. The minimum atomic E-state index is 0.0496. The van der Waals surface area contributed by atoms with E-state index < -0.39 is 0 Å². The van der Waals surface area contributed by atoms with E-state index in [0.29, 0.717) is 23.8 Å². The molecule has 4 heteroatoms. The van der Waals surface area contributed by atoms with Crippen molar-refractivity contribution in [1.29, 1.82) is 0 Å². The van der Waals surface area contributed by atoms with Crippen LogP contribution in [0.25, 0.3) is 0 Å². The number of fused-ring (bicyclic) bond motifs is 1. The second kappa shape index (κ2) is 4.69. The second-order valence-electron chi connectivity index (χ2n) is 5.24. The first-order valence-electron chi connectivity index (χ1n) is 6.60. The highest BCUT2D eigenvalue weighted by Crippen LogP contribution is 2.32. The molecular formula is C14H18N2O2. The molecule has 0 bridgehead atoms. The first-order chi connectivity index (χ1) is 8.74. The fourth-order valence-electron chi connectivity index (χ4n) is 3.03. The molecule has 0 N–H and O–H groups in total. The van der Waals surface area contributed by atoms with Gasteiger partial charge in [-0.1, -0.05) is 6.07 Å². The summed E-state index contributed by atoms with van der Waals surface area (Å²) in [4.78, 5) is 18.3. The van der Waals surface area contributed by atoms with E-state index in [1.165, 1.54) is 0 Å². The van der Waals surface area contributed by atoms with Gasteiger partial charge in [-0.25, -0.2) is 0 Å². The standard InChI is InChI=1S/C14H18N2O2/c1-10-8-11-9-16(7-5-13(11)18-10)14(17)12-4-2-3-6-15-12/h2-4,6,10-11,13H,5,7-9H2,1H3/t10-,11-,13-/m0/s1. The van der Waals surface area contributed by atoms with E-state index in [1.807, 2.05) is 17.0 Å². The van der Waals surface area contributed by atoms with Crippen LogP contribution in [0, 0.1) is 5.92 Å². The van der Waals surface area contributed by atoms with Crippen molar-refractivity contribution in [1.82, 2.24) is 9.88 Å². The van der Waals surface area contributed by atoms with Crippen LogP contribution >= 0.6 is 0 Å². The summed E-state index contributed by atoms with van der Waals surface area (Å²) in [6, 6.07) is 5.46. The van der Waals surface area contributed by atoms with Gasteiger partial charge in [-0.2, -0.15) is 0 Å². The first kappa shape index (κ1) is 11.7. The van der Waals surface area contributed by atoms with Gasteiger partial charge in [-0.15, -0.1) is 0 Å². The summed E-state index contributed by atoms with van der Waals surface area (Å²) in [6.45, 7) is 3.71. The molecule has 0 spiro atoms. The maximum Gasteiger partial charge on any atom is 0.272 e. The number of ether oxygens (including phenoxy) is 1. The predicted octanol–water partition coefficient (Wildman–Crippen LogP) is 1.72. The average molecular weight is 246 g/mol. The zero-order valence-corrected chi connectivity index (χ0v) is 10.6. The van der Waals surface area contributed by atoms with Crippen molar-refractivity contribution in [3.63, 3.8) is 0 Å². The Morgan fingerprint density at radius 2 is 2.39 bits per heavy atom. The lowest BCUT2D eigenvalue weighted by Crippen LogP contribution is -2.44. The summed E-state index contributed by atoms with van der Waals surface area (Å²) < 4.78 is 5.85. The Kier molecular flexibility index (Phi) is 3.04. The number of pyridine rings is 1. The van der Waals surface area contributed by atoms with E-state index in [4.69, 9.17) is 4.74 Å². The first-order valence-corrected chi connectivity index (χ1v) is 6.60. The zero-order valence-electron chi connectivity index (χ0n) is 10.6. The summed E-state index contributed by atoms with van der Waals surface area (Å²) in [5, 5.41) is 0. The minimum absolute atomic E-state index is 0.0496. The number of hydrogen-bond donors (Lipinski definition) is 0. The third-order valence-corrected chi connectivity index (χ3v) is 3.88. The fraction of sp³-hybridized carbons (Fsp3) is 0.571. The van der Waals surface area contributed by atoms with Crippen molar-refractivity contribution < 1.29 is 9.53 Å². The number of carbonyl (C=O) groups excluding carboxylic acids is 1. The largest absolute Gasteiger partial charge is 0.375 e. The monoisotopic (exact) mass is 246 g/mol. The van der Waals surface area contributed by atoms with Crippen LogP contribution < -0.4 is 0 Å². The molecule has 2 fully saturated rings. The molecule has 1 aromatic rings. The van der Waals surface area contributed by atoms with Crippen molar-refractivity contribution in [3.05, 3.63) is 30.1 Å². The molecule has 2 aliphatic rings. The van der Waals surface area contributed by atoms with Crippen molar-refractivity contribution in [2.24, 2.45) is 5.92 Å². The average Bonchev–Trinajstić information content (AvgIpc) is 2.78. The molecule has 4 nitrogen and oxygen atoms in total. The Balaban J connectivity index is 1.70. The predicted molar refractivity (Wildman–Crippen MR) is 67.2 cm³/mol. The summed E-state index contributed by atoms with van der Waals surface area (Å²) in [6.07, 6.45) is 4.38. The van der Waals surface area contributed by atoms with E-state index in [-0.39, 0.29) is 5.91 Å². The third-order valence-electron chi connectivity index (χ3n) is 3.88. The molecule has 0 saturated carbocycles. The Hall–Kier alpha value is -1.42. The Morgan fingerprint density at radius 1 is 1.50 bits per heavy atom. The topological polar surface area (TPSA) is 42.4 Å². The van der Waals surface area contributed by atoms with Crippen LogP contribution in [-0.2, 0) is 4.74 Å². The molecule has 3 atom stereocenters. The van der Waals surface area contributed by atoms with Crippen LogP contribution in [0.3, 0.4) is 0 Å². The minimum Gasteiger partial charge on any atom is -0.375 e. The van der Waals surface area contributed by atoms with Gasteiger partial charge in [-0.3, -0.25) is 9.78 Å². The number of carbonyl (C=O) groups is 1. The number of rotatable bonds is 1. The molecule has 2 saturated heterocycles. The molecule has 96 valence electrons. The van der Waals surface area contributed by atoms with Gasteiger partial charge < -0.3 is 9.64 Å². The number of nitrogens with zero attached hydrogens (tertiary/aromatic N) is 2. The third kappa shape index (κ3) is 2.12. The van der Waals surface area contributed by atoms with Crippen LogP contribution in [0.2, 0.25) is 0 Å². The van der Waals surface area contributed by atoms with Crippen LogP contribution in [0.15, 0.2) is 24.4 Å². The number of aromatic nitrogens is 1. The lowest BCUT2D eigenvalue weighted by molar-refractivity contribution is 0.00850. The van der Waals surface area contributed by atoms with Gasteiger partial charge in [0.15, 0.2) is 0 Å². The molecule has 18 heavy (non-hydrogen) atoms. The van der Waals surface area contributed by atoms with Gasteiger partial charge in [0.2, 0.25) is 0 Å². The molecule has 0 aromatic carbocycles. The Morgan fingerprint density at radius 3 is 3.17 bits per heavy atom. The zero-order chi connectivity index (χ0) is 12.5. The molecule has 1 aromatic heterocycles. The maximum absolute atomic E-state index is 12.3. The van der Waals surface area contributed by atoms with Crippen LogP contribution in [-0.4, -0.2) is 41.1 Å². The SMILES string of the molecule is C[C@H]1C[C@H]2CN(C(=O)c3ccccn3)CC[C@@H]2O1. The number of amides is 1. The van der Waals surface area contributed by atoms with Crippen molar-refractivity contribution >= 4 is 5.91 Å². The molecule has 0 aliphatic carbocycles. The number of likely N-dealkylation sites (tertiary alicyclic amines) is 1. The molecule has 2 aliphatic heterocycles. The molecule has 1 amide bonds. The smallest absolute Gasteiger partial charge is 0.272 e. The highest BCUT2D eigenvalue weighted by atomic mass is 16.5. The van der Waals surface area contributed by atoms with Gasteiger partial charge in [-0.05, 0) is 31.9 Å². The van der Waals surface area contributed by atoms with Crippen molar-refractivity contribution in [2.45, 2.75) is 32.0 Å². The number of piperidine rings is 1. The summed E-state index contributed by atoms with van der Waals surface area (Å²) in [7, 11) is 0. The van der Waals surface area contributed by atoms with E-state index in [1.54, 1.807) is 12.3 Å². The molecule has 3 heterocycles. The summed E-state index contributed by atoms with van der Waals surface area (Å²) in [5.74, 6) is 0.551. The van der Waals surface area contributed by atoms with E-state index in [0.717, 1.165) is 25.9 Å².